The quantitative estimate of drug-likeness (QED) is 0.870. The van der Waals surface area contributed by atoms with Gasteiger partial charge in [0.05, 0.1) is 5.92 Å². The molecule has 1 saturated heterocycles. The van der Waals surface area contributed by atoms with E-state index in [2.05, 4.69) is 13.8 Å². The summed E-state index contributed by atoms with van der Waals surface area (Å²) in [7, 11) is 0. The van der Waals surface area contributed by atoms with E-state index in [1.54, 1.807) is 0 Å². The lowest BCUT2D eigenvalue weighted by Gasteiger charge is -2.41. The van der Waals surface area contributed by atoms with Gasteiger partial charge in [0.1, 0.15) is 0 Å². The van der Waals surface area contributed by atoms with Gasteiger partial charge in [-0.2, -0.15) is 0 Å². The molecule has 0 aromatic rings. The predicted molar refractivity (Wildman–Crippen MR) is 81.8 cm³/mol. The Morgan fingerprint density at radius 2 is 1.71 bits per heavy atom. The van der Waals surface area contributed by atoms with Gasteiger partial charge in [-0.1, -0.05) is 13.8 Å². The number of hydrogen-bond donors (Lipinski definition) is 1. The first-order valence-electron chi connectivity index (χ1n) is 8.45. The fourth-order valence-corrected chi connectivity index (χ4v) is 4.05. The van der Waals surface area contributed by atoms with E-state index in [1.165, 1.54) is 0 Å². The average Bonchev–Trinajstić information content (AvgIpc) is 2.46. The van der Waals surface area contributed by atoms with Gasteiger partial charge in [-0.05, 0) is 57.3 Å². The number of amides is 1. The molecule has 2 aliphatic rings. The zero-order chi connectivity index (χ0) is 15.6. The number of carboxylic acid groups (broad SMARTS) is 1. The van der Waals surface area contributed by atoms with Gasteiger partial charge in [-0.15, -0.1) is 0 Å². The number of aliphatic carboxylic acids is 1. The standard InChI is InChI=1S/C17H29NO3/c1-11(2)13-6-8-14(9-7-13)16(19)18-10-4-5-15(12(18)3)17(20)21/h11-15H,4-10H2,1-3H3,(H,20,21)/t12-,13?,14?,15-/m0/s1. The SMILES string of the molecule is CC(C)C1CCC(C(=O)N2CCC[C@H](C(=O)O)[C@@H]2C)CC1. The zero-order valence-electron chi connectivity index (χ0n) is 13.5. The summed E-state index contributed by atoms with van der Waals surface area (Å²) in [5.74, 6) is 0.620. The summed E-state index contributed by atoms with van der Waals surface area (Å²) < 4.78 is 0. The van der Waals surface area contributed by atoms with Gasteiger partial charge in [0.25, 0.3) is 0 Å². The molecule has 120 valence electrons. The van der Waals surface area contributed by atoms with Gasteiger partial charge >= 0.3 is 5.97 Å². The van der Waals surface area contributed by atoms with Crippen LogP contribution in [-0.2, 0) is 9.59 Å². The first kappa shape index (κ1) is 16.3. The molecule has 4 nitrogen and oxygen atoms in total. The van der Waals surface area contributed by atoms with Crippen LogP contribution in [0.5, 0.6) is 0 Å². The minimum Gasteiger partial charge on any atom is -0.481 e. The molecule has 0 bridgehead atoms. The van der Waals surface area contributed by atoms with E-state index in [0.717, 1.165) is 44.6 Å². The van der Waals surface area contributed by atoms with E-state index >= 15 is 0 Å². The molecule has 1 aliphatic heterocycles. The number of hydrogen-bond acceptors (Lipinski definition) is 2. The van der Waals surface area contributed by atoms with Crippen LogP contribution in [0, 0.1) is 23.7 Å². The maximum absolute atomic E-state index is 12.7. The van der Waals surface area contributed by atoms with E-state index in [9.17, 15) is 14.7 Å². The van der Waals surface area contributed by atoms with E-state index in [-0.39, 0.29) is 17.9 Å². The van der Waals surface area contributed by atoms with Crippen LogP contribution < -0.4 is 0 Å². The van der Waals surface area contributed by atoms with Gasteiger partial charge in [-0.3, -0.25) is 9.59 Å². The molecule has 4 heteroatoms. The summed E-state index contributed by atoms with van der Waals surface area (Å²) in [6.45, 7) is 7.15. The second-order valence-corrected chi connectivity index (χ2v) is 7.21. The molecule has 2 atom stereocenters. The van der Waals surface area contributed by atoms with E-state index in [4.69, 9.17) is 0 Å². The number of rotatable bonds is 3. The Hall–Kier alpha value is -1.06. The topological polar surface area (TPSA) is 57.6 Å². The van der Waals surface area contributed by atoms with Crippen molar-refractivity contribution in [2.75, 3.05) is 6.54 Å². The largest absolute Gasteiger partial charge is 0.481 e. The zero-order valence-corrected chi connectivity index (χ0v) is 13.5. The molecule has 2 fully saturated rings. The molecule has 0 aromatic carbocycles. The van der Waals surface area contributed by atoms with Crippen LogP contribution in [0.2, 0.25) is 0 Å². The number of carbonyl (C=O) groups excluding carboxylic acids is 1. The van der Waals surface area contributed by atoms with E-state index in [0.29, 0.717) is 12.3 Å². The van der Waals surface area contributed by atoms with Crippen molar-refractivity contribution in [3.05, 3.63) is 0 Å². The minimum atomic E-state index is -0.761. The van der Waals surface area contributed by atoms with Crippen molar-refractivity contribution in [3.8, 4) is 0 Å². The molecule has 1 heterocycles. The highest BCUT2D eigenvalue weighted by Gasteiger charge is 2.38. The first-order valence-corrected chi connectivity index (χ1v) is 8.45. The molecule has 0 aromatic heterocycles. The summed E-state index contributed by atoms with van der Waals surface area (Å²) in [4.78, 5) is 25.9. The Morgan fingerprint density at radius 1 is 1.10 bits per heavy atom. The monoisotopic (exact) mass is 295 g/mol. The Bertz CT molecular complexity index is 385. The van der Waals surface area contributed by atoms with Gasteiger partial charge in [0.15, 0.2) is 0 Å². The fourth-order valence-electron chi connectivity index (χ4n) is 4.05. The van der Waals surface area contributed by atoms with Crippen LogP contribution in [0.25, 0.3) is 0 Å². The molecule has 0 radical (unpaired) electrons. The number of piperidine rings is 1. The van der Waals surface area contributed by atoms with Gasteiger partial charge in [0, 0.05) is 18.5 Å². The maximum Gasteiger partial charge on any atom is 0.308 e. The average molecular weight is 295 g/mol. The molecule has 21 heavy (non-hydrogen) atoms. The predicted octanol–water partition coefficient (Wildman–Crippen LogP) is 3.16. The van der Waals surface area contributed by atoms with Crippen molar-refractivity contribution in [1.82, 2.24) is 4.90 Å². The molecule has 0 spiro atoms. The Morgan fingerprint density at radius 3 is 2.24 bits per heavy atom. The summed E-state index contributed by atoms with van der Waals surface area (Å²) in [5.41, 5.74) is 0. The molecule has 0 unspecified atom stereocenters. The highest BCUT2D eigenvalue weighted by molar-refractivity contribution is 5.80. The van der Waals surface area contributed by atoms with Crippen molar-refractivity contribution >= 4 is 11.9 Å². The van der Waals surface area contributed by atoms with Gasteiger partial charge in [-0.25, -0.2) is 0 Å². The smallest absolute Gasteiger partial charge is 0.308 e. The summed E-state index contributed by atoms with van der Waals surface area (Å²) in [5, 5.41) is 9.28. The third-order valence-corrected chi connectivity index (χ3v) is 5.65. The molecule has 1 saturated carbocycles. The Balaban J connectivity index is 1.95. The third-order valence-electron chi connectivity index (χ3n) is 5.65. The Kier molecular flexibility index (Phi) is 5.28. The van der Waals surface area contributed by atoms with Crippen molar-refractivity contribution in [2.24, 2.45) is 23.7 Å². The molecule has 2 rings (SSSR count). The molecular formula is C17H29NO3. The van der Waals surface area contributed by atoms with Gasteiger partial charge < -0.3 is 10.0 Å². The normalized spacial score (nSPS) is 34.0. The van der Waals surface area contributed by atoms with Crippen LogP contribution in [0.3, 0.4) is 0 Å². The second-order valence-electron chi connectivity index (χ2n) is 7.21. The van der Waals surface area contributed by atoms with E-state index in [1.807, 2.05) is 11.8 Å². The summed E-state index contributed by atoms with van der Waals surface area (Å²) >= 11 is 0. The first-order chi connectivity index (χ1) is 9.91. The van der Waals surface area contributed by atoms with Crippen LogP contribution in [-0.4, -0.2) is 34.5 Å². The molecule has 1 amide bonds. The van der Waals surface area contributed by atoms with Crippen molar-refractivity contribution in [2.45, 2.75) is 65.3 Å². The van der Waals surface area contributed by atoms with Crippen molar-refractivity contribution in [3.63, 3.8) is 0 Å². The van der Waals surface area contributed by atoms with Crippen LogP contribution in [0.4, 0.5) is 0 Å². The van der Waals surface area contributed by atoms with Crippen molar-refractivity contribution in [1.29, 1.82) is 0 Å². The highest BCUT2D eigenvalue weighted by Crippen LogP contribution is 2.35. The van der Waals surface area contributed by atoms with Crippen LogP contribution in [0.15, 0.2) is 0 Å². The van der Waals surface area contributed by atoms with Crippen molar-refractivity contribution < 1.29 is 14.7 Å². The van der Waals surface area contributed by atoms with Gasteiger partial charge in [0.2, 0.25) is 5.91 Å². The third kappa shape index (κ3) is 3.58. The maximum atomic E-state index is 12.7. The minimum absolute atomic E-state index is 0.120. The van der Waals surface area contributed by atoms with Crippen LogP contribution >= 0.6 is 0 Å². The number of carboxylic acids is 1. The number of carbonyl (C=O) groups is 2. The fraction of sp³-hybridized carbons (Fsp3) is 0.882. The summed E-state index contributed by atoms with van der Waals surface area (Å²) in [6.07, 6.45) is 5.73. The molecular weight excluding hydrogens is 266 g/mol. The summed E-state index contributed by atoms with van der Waals surface area (Å²) in [6, 6.07) is -0.161. The second kappa shape index (κ2) is 6.80. The lowest BCUT2D eigenvalue weighted by molar-refractivity contribution is -0.151. The highest BCUT2D eigenvalue weighted by atomic mass is 16.4. The van der Waals surface area contributed by atoms with E-state index < -0.39 is 11.9 Å². The molecule has 1 N–H and O–H groups in total. The molecule has 1 aliphatic carbocycles. The number of nitrogens with zero attached hydrogens (tertiary/aromatic N) is 1. The lowest BCUT2D eigenvalue weighted by atomic mass is 9.76. The number of likely N-dealkylation sites (tertiary alicyclic amines) is 1. The van der Waals surface area contributed by atoms with Crippen LogP contribution in [0.1, 0.15) is 59.3 Å². The Labute approximate surface area is 127 Å². The lowest BCUT2D eigenvalue weighted by Crippen LogP contribution is -2.51.